The highest BCUT2D eigenvalue weighted by atomic mass is 35.5. The highest BCUT2D eigenvalue weighted by Gasteiger charge is 1.98. The summed E-state index contributed by atoms with van der Waals surface area (Å²) in [6.45, 7) is 3.83. The predicted molar refractivity (Wildman–Crippen MR) is 54.1 cm³/mol. The zero-order valence-corrected chi connectivity index (χ0v) is 8.90. The van der Waals surface area contributed by atoms with Gasteiger partial charge in [-0.2, -0.15) is 0 Å². The molecule has 0 rings (SSSR count). The van der Waals surface area contributed by atoms with Gasteiger partial charge >= 0.3 is 0 Å². The Hall–Kier alpha value is -0.280. The Balaban J connectivity index is 3.11. The van der Waals surface area contributed by atoms with Gasteiger partial charge in [0.25, 0.3) is 0 Å². The molecule has 0 radical (unpaired) electrons. The molecule has 0 saturated heterocycles. The van der Waals surface area contributed by atoms with Crippen molar-refractivity contribution in [2.45, 2.75) is 26.2 Å². The fourth-order valence-electron chi connectivity index (χ4n) is 0.875. The topological polar surface area (TPSA) is 38.3 Å². The highest BCUT2D eigenvalue weighted by molar-refractivity contribution is 6.17. The van der Waals surface area contributed by atoms with Gasteiger partial charge in [-0.1, -0.05) is 0 Å². The number of hydrogen-bond acceptors (Lipinski definition) is 2. The average molecular weight is 208 g/mol. The fourth-order valence-corrected chi connectivity index (χ4v) is 1.06. The summed E-state index contributed by atoms with van der Waals surface area (Å²) in [5.41, 5.74) is 0. The van der Waals surface area contributed by atoms with E-state index in [0.717, 1.165) is 12.8 Å². The number of unbranched alkanes of at least 4 members (excludes halogenated alkanes) is 1. The minimum Gasteiger partial charge on any atom is -0.380 e. The Morgan fingerprint density at radius 2 is 2.23 bits per heavy atom. The van der Waals surface area contributed by atoms with Crippen LogP contribution in [-0.4, -0.2) is 31.5 Å². The number of carbonyl (C=O) groups is 1. The van der Waals surface area contributed by atoms with Crippen LogP contribution in [0, 0.1) is 0 Å². The lowest BCUT2D eigenvalue weighted by Crippen LogP contribution is -2.26. The smallest absolute Gasteiger partial charge is 0.220 e. The molecule has 0 spiro atoms. The van der Waals surface area contributed by atoms with Crippen molar-refractivity contribution in [2.24, 2.45) is 0 Å². The number of alkyl halides is 1. The summed E-state index contributed by atoms with van der Waals surface area (Å²) < 4.78 is 5.07. The molecule has 0 aliphatic heterocycles. The van der Waals surface area contributed by atoms with Crippen LogP contribution in [-0.2, 0) is 9.53 Å². The van der Waals surface area contributed by atoms with Crippen molar-refractivity contribution >= 4 is 17.5 Å². The van der Waals surface area contributed by atoms with Crippen LogP contribution in [0.25, 0.3) is 0 Å². The molecule has 0 atom stereocenters. The molecule has 0 aliphatic rings. The zero-order chi connectivity index (χ0) is 9.94. The summed E-state index contributed by atoms with van der Waals surface area (Å²) in [6.07, 6.45) is 2.34. The van der Waals surface area contributed by atoms with Crippen LogP contribution in [0.2, 0.25) is 0 Å². The lowest BCUT2D eigenvalue weighted by Gasteiger charge is -2.04. The largest absolute Gasteiger partial charge is 0.380 e. The van der Waals surface area contributed by atoms with E-state index in [0.29, 0.717) is 32.1 Å². The molecule has 13 heavy (non-hydrogen) atoms. The molecular weight excluding hydrogens is 190 g/mol. The Bertz CT molecular complexity index is 131. The summed E-state index contributed by atoms with van der Waals surface area (Å²) in [7, 11) is 0. The van der Waals surface area contributed by atoms with Gasteiger partial charge in [-0.25, -0.2) is 0 Å². The quantitative estimate of drug-likeness (QED) is 0.485. The summed E-state index contributed by atoms with van der Waals surface area (Å²) >= 11 is 5.48. The van der Waals surface area contributed by atoms with Crippen molar-refractivity contribution < 1.29 is 9.53 Å². The van der Waals surface area contributed by atoms with Gasteiger partial charge in [-0.15, -0.1) is 11.6 Å². The van der Waals surface area contributed by atoms with Crippen molar-refractivity contribution in [2.75, 3.05) is 25.6 Å². The molecule has 0 aromatic rings. The van der Waals surface area contributed by atoms with Crippen molar-refractivity contribution in [1.82, 2.24) is 5.32 Å². The van der Waals surface area contributed by atoms with Crippen LogP contribution >= 0.6 is 11.6 Å². The molecule has 1 amide bonds. The van der Waals surface area contributed by atoms with E-state index >= 15 is 0 Å². The number of hydrogen-bond donors (Lipinski definition) is 1. The fraction of sp³-hybridized carbons (Fsp3) is 0.889. The average Bonchev–Trinajstić information content (AvgIpc) is 2.13. The van der Waals surface area contributed by atoms with E-state index < -0.39 is 0 Å². The first-order valence-corrected chi connectivity index (χ1v) is 5.25. The lowest BCUT2D eigenvalue weighted by molar-refractivity contribution is -0.121. The number of amides is 1. The second-order valence-corrected chi connectivity index (χ2v) is 3.07. The predicted octanol–water partition coefficient (Wildman–Crippen LogP) is 1.55. The molecule has 0 aliphatic carbocycles. The van der Waals surface area contributed by atoms with Crippen LogP contribution in [0.15, 0.2) is 0 Å². The summed E-state index contributed by atoms with van der Waals surface area (Å²) in [4.78, 5) is 11.1. The monoisotopic (exact) mass is 207 g/mol. The second-order valence-electron chi connectivity index (χ2n) is 2.69. The Morgan fingerprint density at radius 3 is 2.85 bits per heavy atom. The maximum atomic E-state index is 11.1. The molecule has 0 fully saturated rings. The minimum atomic E-state index is 0.0878. The summed E-state index contributed by atoms with van der Waals surface area (Å²) in [5, 5.41) is 2.77. The molecule has 0 unspecified atom stereocenters. The first-order chi connectivity index (χ1) is 6.31. The van der Waals surface area contributed by atoms with E-state index in [-0.39, 0.29) is 5.91 Å². The van der Waals surface area contributed by atoms with E-state index in [1.807, 2.05) is 6.92 Å². The normalized spacial score (nSPS) is 10.0. The number of rotatable bonds is 8. The van der Waals surface area contributed by atoms with Crippen molar-refractivity contribution in [3.05, 3.63) is 0 Å². The van der Waals surface area contributed by atoms with Gasteiger partial charge in [0, 0.05) is 25.5 Å². The molecule has 0 aromatic carbocycles. The van der Waals surface area contributed by atoms with E-state index in [1.165, 1.54) is 0 Å². The lowest BCUT2D eigenvalue weighted by atomic mass is 10.2. The van der Waals surface area contributed by atoms with Gasteiger partial charge in [-0.05, 0) is 19.8 Å². The summed E-state index contributed by atoms with van der Waals surface area (Å²) in [5.74, 6) is 0.719. The third kappa shape index (κ3) is 9.64. The first kappa shape index (κ1) is 12.7. The van der Waals surface area contributed by atoms with E-state index in [2.05, 4.69) is 5.32 Å². The number of carbonyl (C=O) groups excluding carboxylic acids is 1. The molecule has 3 nitrogen and oxygen atoms in total. The summed E-state index contributed by atoms with van der Waals surface area (Å²) in [6, 6.07) is 0. The molecule has 0 saturated carbocycles. The first-order valence-electron chi connectivity index (χ1n) is 4.71. The van der Waals surface area contributed by atoms with Gasteiger partial charge < -0.3 is 10.1 Å². The van der Waals surface area contributed by atoms with Crippen LogP contribution in [0.4, 0.5) is 0 Å². The molecule has 1 N–H and O–H groups in total. The maximum Gasteiger partial charge on any atom is 0.220 e. The standard InChI is InChI=1S/C9H18ClNO2/c1-2-13-8-7-11-9(12)5-3-4-6-10/h2-8H2,1H3,(H,11,12). The SMILES string of the molecule is CCOCCNC(=O)CCCCCl. The third-order valence-corrected chi connectivity index (χ3v) is 1.83. The van der Waals surface area contributed by atoms with E-state index in [9.17, 15) is 4.79 Å². The zero-order valence-electron chi connectivity index (χ0n) is 8.14. The molecule has 0 aromatic heterocycles. The van der Waals surface area contributed by atoms with E-state index in [1.54, 1.807) is 0 Å². The van der Waals surface area contributed by atoms with Gasteiger partial charge in [-0.3, -0.25) is 4.79 Å². The molecule has 4 heteroatoms. The van der Waals surface area contributed by atoms with Crippen LogP contribution < -0.4 is 5.32 Å². The second kappa shape index (κ2) is 9.81. The number of ether oxygens (including phenoxy) is 1. The van der Waals surface area contributed by atoms with E-state index in [4.69, 9.17) is 16.3 Å². The van der Waals surface area contributed by atoms with Gasteiger partial charge in [0.1, 0.15) is 0 Å². The maximum absolute atomic E-state index is 11.1. The Morgan fingerprint density at radius 1 is 1.46 bits per heavy atom. The van der Waals surface area contributed by atoms with Crippen LogP contribution in [0.1, 0.15) is 26.2 Å². The number of halogens is 1. The van der Waals surface area contributed by atoms with Crippen LogP contribution in [0.5, 0.6) is 0 Å². The molecule has 0 bridgehead atoms. The molecule has 0 heterocycles. The van der Waals surface area contributed by atoms with Crippen molar-refractivity contribution in [3.8, 4) is 0 Å². The van der Waals surface area contributed by atoms with Gasteiger partial charge in [0.2, 0.25) is 5.91 Å². The third-order valence-electron chi connectivity index (χ3n) is 1.56. The van der Waals surface area contributed by atoms with Crippen LogP contribution in [0.3, 0.4) is 0 Å². The van der Waals surface area contributed by atoms with Gasteiger partial charge in [0.15, 0.2) is 0 Å². The minimum absolute atomic E-state index is 0.0878. The van der Waals surface area contributed by atoms with Crippen molar-refractivity contribution in [1.29, 1.82) is 0 Å². The molecular formula is C9H18ClNO2. The number of nitrogens with one attached hydrogen (secondary N) is 1. The Labute approximate surface area is 84.8 Å². The Kier molecular flexibility index (Phi) is 9.59. The molecule has 78 valence electrons. The van der Waals surface area contributed by atoms with Crippen molar-refractivity contribution in [3.63, 3.8) is 0 Å². The van der Waals surface area contributed by atoms with Gasteiger partial charge in [0.05, 0.1) is 6.61 Å². The highest BCUT2D eigenvalue weighted by Crippen LogP contribution is 1.96.